The molecule has 0 aliphatic heterocycles. The van der Waals surface area contributed by atoms with Gasteiger partial charge in [-0.1, -0.05) is 25.4 Å². The predicted octanol–water partition coefficient (Wildman–Crippen LogP) is 4.44. The summed E-state index contributed by atoms with van der Waals surface area (Å²) in [4.78, 5) is 3.44. The Morgan fingerprint density at radius 2 is 2.05 bits per heavy atom. The van der Waals surface area contributed by atoms with Crippen LogP contribution in [0.5, 0.6) is 0 Å². The Balaban J connectivity index is 2.18. The zero-order valence-corrected chi connectivity index (χ0v) is 12.0. The Hall–Kier alpha value is -1.74. The number of H-pyrrole nitrogens is 1. The van der Waals surface area contributed by atoms with Gasteiger partial charge in [0.15, 0.2) is 0 Å². The molecule has 0 saturated heterocycles. The molecule has 0 spiro atoms. The fraction of sp³-hybridized carbons (Fsp3) is 0.267. The molecule has 0 aliphatic carbocycles. The minimum absolute atomic E-state index is 0.474. The highest BCUT2D eigenvalue weighted by molar-refractivity contribution is 6.33. The highest BCUT2D eigenvalue weighted by Crippen LogP contribution is 2.29. The molecule has 0 bridgehead atoms. The molecule has 98 valence electrons. The lowest BCUT2D eigenvalue weighted by Gasteiger charge is -2.04. The third kappa shape index (κ3) is 2.15. The third-order valence-electron chi connectivity index (χ3n) is 3.30. The van der Waals surface area contributed by atoms with Gasteiger partial charge in [0.25, 0.3) is 0 Å². The van der Waals surface area contributed by atoms with Crippen molar-refractivity contribution in [3.63, 3.8) is 0 Å². The molecule has 0 radical (unpaired) electrons. The van der Waals surface area contributed by atoms with E-state index in [4.69, 9.17) is 11.6 Å². The van der Waals surface area contributed by atoms with Crippen molar-refractivity contribution < 1.29 is 0 Å². The van der Waals surface area contributed by atoms with Crippen LogP contribution in [0.3, 0.4) is 0 Å². The van der Waals surface area contributed by atoms with Crippen LogP contribution in [0.2, 0.25) is 5.02 Å². The van der Waals surface area contributed by atoms with Gasteiger partial charge in [-0.15, -0.1) is 0 Å². The first kappa shape index (κ1) is 12.3. The summed E-state index contributed by atoms with van der Waals surface area (Å²) in [6.45, 7) is 6.31. The molecular weight excluding hydrogens is 258 g/mol. The smallest absolute Gasteiger partial charge is 0.0852 e. The second-order valence-electron chi connectivity index (χ2n) is 5.17. The highest BCUT2D eigenvalue weighted by atomic mass is 35.5. The van der Waals surface area contributed by atoms with Crippen molar-refractivity contribution in [1.82, 2.24) is 14.8 Å². The van der Waals surface area contributed by atoms with Crippen molar-refractivity contribution >= 4 is 22.5 Å². The molecule has 1 aromatic carbocycles. The fourth-order valence-electron chi connectivity index (χ4n) is 2.20. The van der Waals surface area contributed by atoms with E-state index < -0.39 is 0 Å². The zero-order valence-electron chi connectivity index (χ0n) is 11.2. The van der Waals surface area contributed by atoms with Crippen LogP contribution in [-0.4, -0.2) is 14.8 Å². The number of aromatic amines is 1. The lowest BCUT2D eigenvalue weighted by Crippen LogP contribution is -1.96. The summed E-state index contributed by atoms with van der Waals surface area (Å²) in [7, 11) is 0. The van der Waals surface area contributed by atoms with Gasteiger partial charge in [0.1, 0.15) is 0 Å². The molecule has 1 N–H and O–H groups in total. The van der Waals surface area contributed by atoms with Gasteiger partial charge in [0, 0.05) is 22.8 Å². The third-order valence-corrected chi connectivity index (χ3v) is 3.60. The van der Waals surface area contributed by atoms with E-state index in [1.807, 2.05) is 29.9 Å². The maximum Gasteiger partial charge on any atom is 0.0852 e. The van der Waals surface area contributed by atoms with Crippen LogP contribution in [0, 0.1) is 6.92 Å². The van der Waals surface area contributed by atoms with Gasteiger partial charge in [0.2, 0.25) is 0 Å². The summed E-state index contributed by atoms with van der Waals surface area (Å²) in [5, 5.41) is 6.26. The van der Waals surface area contributed by atoms with E-state index >= 15 is 0 Å². The Morgan fingerprint density at radius 3 is 2.68 bits per heavy atom. The van der Waals surface area contributed by atoms with Crippen LogP contribution < -0.4 is 0 Å². The zero-order chi connectivity index (χ0) is 13.6. The summed E-state index contributed by atoms with van der Waals surface area (Å²) in [6.07, 6.45) is 1.93. The van der Waals surface area contributed by atoms with E-state index in [1.54, 1.807) is 0 Å². The summed E-state index contributed by atoms with van der Waals surface area (Å²) in [6, 6.07) is 8.17. The predicted molar refractivity (Wildman–Crippen MR) is 79.3 cm³/mol. The minimum Gasteiger partial charge on any atom is -0.358 e. The lowest BCUT2D eigenvalue weighted by atomic mass is 10.1. The van der Waals surface area contributed by atoms with Crippen LogP contribution in [0.4, 0.5) is 0 Å². The quantitative estimate of drug-likeness (QED) is 0.736. The van der Waals surface area contributed by atoms with Gasteiger partial charge in [-0.25, -0.2) is 4.68 Å². The van der Waals surface area contributed by atoms with Crippen LogP contribution in [0.15, 0.2) is 30.5 Å². The molecule has 3 rings (SSSR count). The number of nitrogens with zero attached hydrogens (tertiary/aromatic N) is 2. The SMILES string of the molecule is Cc1ccn(-c2cc3[nH]c(C(C)C)cc3cc2Cl)n1. The number of halogens is 1. The van der Waals surface area contributed by atoms with Crippen molar-refractivity contribution in [3.8, 4) is 5.69 Å². The van der Waals surface area contributed by atoms with Gasteiger partial charge >= 0.3 is 0 Å². The number of aryl methyl sites for hydroxylation is 1. The first-order chi connectivity index (χ1) is 9.04. The van der Waals surface area contributed by atoms with Crippen molar-refractivity contribution in [2.45, 2.75) is 26.7 Å². The molecule has 0 amide bonds. The molecule has 2 heterocycles. The first-order valence-corrected chi connectivity index (χ1v) is 6.77. The Labute approximate surface area is 117 Å². The van der Waals surface area contributed by atoms with Gasteiger partial charge in [0.05, 0.1) is 16.4 Å². The molecule has 0 unspecified atom stereocenters. The standard InChI is InChI=1S/C15H16ClN3/c1-9(2)13-7-11-6-12(16)15(8-14(11)17-13)19-5-4-10(3)18-19/h4-9,17H,1-3H3. The number of rotatable bonds is 2. The Morgan fingerprint density at radius 1 is 1.26 bits per heavy atom. The lowest BCUT2D eigenvalue weighted by molar-refractivity contribution is 0.836. The summed E-state index contributed by atoms with van der Waals surface area (Å²) < 4.78 is 1.81. The van der Waals surface area contributed by atoms with E-state index in [0.29, 0.717) is 10.9 Å². The average molecular weight is 274 g/mol. The van der Waals surface area contributed by atoms with E-state index in [0.717, 1.165) is 22.3 Å². The number of nitrogens with one attached hydrogen (secondary N) is 1. The van der Waals surface area contributed by atoms with Crippen molar-refractivity contribution in [1.29, 1.82) is 0 Å². The van der Waals surface area contributed by atoms with Crippen LogP contribution in [-0.2, 0) is 0 Å². The molecule has 0 fully saturated rings. The maximum atomic E-state index is 6.36. The summed E-state index contributed by atoms with van der Waals surface area (Å²) in [5.74, 6) is 0.474. The van der Waals surface area contributed by atoms with Crippen molar-refractivity contribution in [2.75, 3.05) is 0 Å². The molecule has 4 heteroatoms. The van der Waals surface area contributed by atoms with E-state index in [9.17, 15) is 0 Å². The average Bonchev–Trinajstić information content (AvgIpc) is 2.93. The van der Waals surface area contributed by atoms with Gasteiger partial charge in [-0.05, 0) is 37.1 Å². The van der Waals surface area contributed by atoms with Gasteiger partial charge in [-0.2, -0.15) is 5.10 Å². The topological polar surface area (TPSA) is 33.6 Å². The largest absolute Gasteiger partial charge is 0.358 e. The highest BCUT2D eigenvalue weighted by Gasteiger charge is 2.10. The molecule has 0 atom stereocenters. The fourth-order valence-corrected chi connectivity index (χ4v) is 2.46. The molecule has 19 heavy (non-hydrogen) atoms. The first-order valence-electron chi connectivity index (χ1n) is 6.39. The van der Waals surface area contributed by atoms with Crippen LogP contribution in [0.1, 0.15) is 31.2 Å². The molecule has 2 aromatic heterocycles. The van der Waals surface area contributed by atoms with Gasteiger partial charge < -0.3 is 4.98 Å². The van der Waals surface area contributed by atoms with Crippen molar-refractivity contribution in [3.05, 3.63) is 46.9 Å². The molecular formula is C15H16ClN3. The van der Waals surface area contributed by atoms with Gasteiger partial charge in [-0.3, -0.25) is 0 Å². The van der Waals surface area contributed by atoms with E-state index in [2.05, 4.69) is 36.1 Å². The number of hydrogen-bond acceptors (Lipinski definition) is 1. The Kier molecular flexibility index (Phi) is 2.86. The second kappa shape index (κ2) is 4.42. The molecule has 0 aliphatic rings. The maximum absolute atomic E-state index is 6.36. The van der Waals surface area contributed by atoms with Crippen LogP contribution in [0.25, 0.3) is 16.6 Å². The summed E-state index contributed by atoms with van der Waals surface area (Å²) >= 11 is 6.36. The minimum atomic E-state index is 0.474. The monoisotopic (exact) mass is 273 g/mol. The van der Waals surface area contributed by atoms with Crippen LogP contribution >= 0.6 is 11.6 Å². The van der Waals surface area contributed by atoms with E-state index in [1.165, 1.54) is 5.69 Å². The molecule has 0 saturated carbocycles. The molecule has 3 nitrogen and oxygen atoms in total. The van der Waals surface area contributed by atoms with Crippen molar-refractivity contribution in [2.24, 2.45) is 0 Å². The number of fused-ring (bicyclic) bond motifs is 1. The summed E-state index contributed by atoms with van der Waals surface area (Å²) in [5.41, 5.74) is 4.20. The number of benzene rings is 1. The number of aromatic nitrogens is 3. The Bertz CT molecular complexity index is 737. The number of hydrogen-bond donors (Lipinski definition) is 1. The normalized spacial score (nSPS) is 11.6. The van der Waals surface area contributed by atoms with E-state index in [-0.39, 0.29) is 0 Å². The second-order valence-corrected chi connectivity index (χ2v) is 5.58. The molecule has 3 aromatic rings.